The molecule has 120 valence electrons. The quantitative estimate of drug-likeness (QED) is 0.774. The number of aromatic nitrogens is 2. The number of benzene rings is 2. The zero-order valence-corrected chi connectivity index (χ0v) is 14.0. The molecule has 0 fully saturated rings. The van der Waals surface area contributed by atoms with Gasteiger partial charge in [-0.15, -0.1) is 0 Å². The van der Waals surface area contributed by atoms with Crippen molar-refractivity contribution < 1.29 is 4.79 Å². The van der Waals surface area contributed by atoms with E-state index in [1.807, 2.05) is 43.0 Å². The zero-order chi connectivity index (χ0) is 16.8. The molecule has 1 unspecified atom stereocenters. The van der Waals surface area contributed by atoms with Crippen molar-refractivity contribution in [1.82, 2.24) is 10.2 Å². The molecule has 4 rings (SSSR count). The summed E-state index contributed by atoms with van der Waals surface area (Å²) in [5.41, 5.74) is 6.81. The van der Waals surface area contributed by atoms with Crippen LogP contribution < -0.4 is 4.90 Å². The minimum Gasteiger partial charge on any atom is -0.295 e. The molecule has 0 bridgehead atoms. The maximum Gasteiger partial charge on any atom is 0.279 e. The third-order valence-corrected chi connectivity index (χ3v) is 4.65. The van der Waals surface area contributed by atoms with Crippen LogP contribution in [0.1, 0.15) is 44.5 Å². The number of fused-ring (bicyclic) bond motifs is 1. The smallest absolute Gasteiger partial charge is 0.279 e. The maximum absolute atomic E-state index is 13.0. The number of hydrogen-bond donors (Lipinski definition) is 1. The third-order valence-electron chi connectivity index (χ3n) is 4.65. The molecule has 1 aliphatic heterocycles. The first-order chi connectivity index (χ1) is 11.6. The summed E-state index contributed by atoms with van der Waals surface area (Å²) in [4.78, 5) is 14.8. The van der Waals surface area contributed by atoms with Crippen molar-refractivity contribution in [1.29, 1.82) is 0 Å². The normalized spacial score (nSPS) is 16.5. The van der Waals surface area contributed by atoms with Gasteiger partial charge in [0.1, 0.15) is 0 Å². The standard InChI is InChI=1S/C20H19N3O/c1-12-4-8-15(9-5-12)19-17-14(3)21-22-18(17)20(24)23(19)16-10-6-13(2)7-11-16/h4-11,19H,1-3H3,(H,21,22). The Labute approximate surface area is 141 Å². The van der Waals surface area contributed by atoms with Gasteiger partial charge in [0, 0.05) is 16.9 Å². The van der Waals surface area contributed by atoms with Crippen molar-refractivity contribution in [2.45, 2.75) is 26.8 Å². The number of amides is 1. The van der Waals surface area contributed by atoms with E-state index in [1.54, 1.807) is 0 Å². The van der Waals surface area contributed by atoms with Crippen LogP contribution in [-0.2, 0) is 0 Å². The van der Waals surface area contributed by atoms with Gasteiger partial charge in [0.05, 0.1) is 6.04 Å². The number of rotatable bonds is 2. The summed E-state index contributed by atoms with van der Waals surface area (Å²) in [6, 6.07) is 16.3. The highest BCUT2D eigenvalue weighted by atomic mass is 16.2. The minimum absolute atomic E-state index is 0.0521. The summed E-state index contributed by atoms with van der Waals surface area (Å²) in [6.45, 7) is 6.08. The summed E-state index contributed by atoms with van der Waals surface area (Å²) in [5.74, 6) is -0.0521. The van der Waals surface area contributed by atoms with Gasteiger partial charge in [0.2, 0.25) is 0 Å². The van der Waals surface area contributed by atoms with Gasteiger partial charge in [-0.2, -0.15) is 5.10 Å². The van der Waals surface area contributed by atoms with Crippen LogP contribution >= 0.6 is 0 Å². The summed E-state index contributed by atoms with van der Waals surface area (Å²) in [6.07, 6.45) is 0. The first-order valence-corrected chi connectivity index (χ1v) is 8.08. The van der Waals surface area contributed by atoms with Crippen molar-refractivity contribution in [3.05, 3.63) is 82.2 Å². The van der Waals surface area contributed by atoms with Crippen LogP contribution in [0.25, 0.3) is 0 Å². The van der Waals surface area contributed by atoms with Gasteiger partial charge in [-0.3, -0.25) is 14.8 Å². The molecule has 4 nitrogen and oxygen atoms in total. The van der Waals surface area contributed by atoms with Gasteiger partial charge >= 0.3 is 0 Å². The number of anilines is 1. The summed E-state index contributed by atoms with van der Waals surface area (Å²) in [5, 5.41) is 7.21. The number of carbonyl (C=O) groups excluding carboxylic acids is 1. The van der Waals surface area contributed by atoms with Crippen LogP contribution in [0.4, 0.5) is 5.69 Å². The van der Waals surface area contributed by atoms with Crippen LogP contribution in [0.2, 0.25) is 0 Å². The summed E-state index contributed by atoms with van der Waals surface area (Å²) >= 11 is 0. The Bertz CT molecular complexity index is 907. The molecule has 2 aromatic carbocycles. The van der Waals surface area contributed by atoms with E-state index >= 15 is 0 Å². The lowest BCUT2D eigenvalue weighted by atomic mass is 9.98. The Morgan fingerprint density at radius 2 is 1.50 bits per heavy atom. The number of aromatic amines is 1. The lowest BCUT2D eigenvalue weighted by Crippen LogP contribution is -2.29. The minimum atomic E-state index is -0.144. The molecule has 3 aromatic rings. The molecule has 4 heteroatoms. The van der Waals surface area contributed by atoms with Crippen molar-refractivity contribution in [2.75, 3.05) is 4.90 Å². The highest BCUT2D eigenvalue weighted by Gasteiger charge is 2.42. The molecule has 1 N–H and O–H groups in total. The van der Waals surface area contributed by atoms with E-state index in [0.29, 0.717) is 5.69 Å². The zero-order valence-electron chi connectivity index (χ0n) is 14.0. The first-order valence-electron chi connectivity index (χ1n) is 8.08. The second kappa shape index (κ2) is 5.34. The van der Waals surface area contributed by atoms with E-state index in [-0.39, 0.29) is 11.9 Å². The fraction of sp³-hybridized carbons (Fsp3) is 0.200. The first kappa shape index (κ1) is 14.7. The predicted molar refractivity (Wildman–Crippen MR) is 94.3 cm³/mol. The molecule has 0 aliphatic carbocycles. The second-order valence-corrected chi connectivity index (χ2v) is 6.43. The molecular weight excluding hydrogens is 298 g/mol. The summed E-state index contributed by atoms with van der Waals surface area (Å²) in [7, 11) is 0. The van der Waals surface area contributed by atoms with Crippen LogP contribution in [-0.4, -0.2) is 16.1 Å². The van der Waals surface area contributed by atoms with Crippen LogP contribution in [0.15, 0.2) is 48.5 Å². The number of nitrogens with one attached hydrogen (secondary N) is 1. The van der Waals surface area contributed by atoms with E-state index in [9.17, 15) is 4.79 Å². The Balaban J connectivity index is 1.89. The Kier molecular flexibility index (Phi) is 3.27. The highest BCUT2D eigenvalue weighted by Crippen LogP contribution is 2.42. The molecule has 0 radical (unpaired) electrons. The van der Waals surface area contributed by atoms with Gasteiger partial charge < -0.3 is 0 Å². The fourth-order valence-corrected chi connectivity index (χ4v) is 3.33. The van der Waals surface area contributed by atoms with Crippen molar-refractivity contribution >= 4 is 11.6 Å². The molecule has 2 heterocycles. The average Bonchev–Trinajstić information content (AvgIpc) is 3.09. The molecule has 1 aliphatic rings. The largest absolute Gasteiger partial charge is 0.295 e. The lowest BCUT2D eigenvalue weighted by Gasteiger charge is -2.26. The van der Waals surface area contributed by atoms with E-state index in [2.05, 4.69) is 41.4 Å². The van der Waals surface area contributed by atoms with Crippen molar-refractivity contribution in [3.63, 3.8) is 0 Å². The number of H-pyrrole nitrogens is 1. The monoisotopic (exact) mass is 317 g/mol. The summed E-state index contributed by atoms with van der Waals surface area (Å²) < 4.78 is 0. The van der Waals surface area contributed by atoms with Gasteiger partial charge in [-0.05, 0) is 38.5 Å². The maximum atomic E-state index is 13.0. The molecule has 1 atom stereocenters. The van der Waals surface area contributed by atoms with Gasteiger partial charge in [-0.25, -0.2) is 0 Å². The Hall–Kier alpha value is -2.88. The molecule has 24 heavy (non-hydrogen) atoms. The van der Waals surface area contributed by atoms with Crippen molar-refractivity contribution in [2.24, 2.45) is 0 Å². The molecule has 1 amide bonds. The van der Waals surface area contributed by atoms with Crippen molar-refractivity contribution in [3.8, 4) is 0 Å². The molecule has 1 aromatic heterocycles. The van der Waals surface area contributed by atoms with Gasteiger partial charge in [0.15, 0.2) is 5.69 Å². The van der Waals surface area contributed by atoms with Gasteiger partial charge in [0.25, 0.3) is 5.91 Å². The number of nitrogens with zero attached hydrogens (tertiary/aromatic N) is 2. The lowest BCUT2D eigenvalue weighted by molar-refractivity contribution is 0.0988. The second-order valence-electron chi connectivity index (χ2n) is 6.43. The number of aryl methyl sites for hydroxylation is 3. The fourth-order valence-electron chi connectivity index (χ4n) is 3.33. The topological polar surface area (TPSA) is 49.0 Å². The van der Waals surface area contributed by atoms with Crippen LogP contribution in [0.3, 0.4) is 0 Å². The molecule has 0 saturated carbocycles. The van der Waals surface area contributed by atoms with E-state index < -0.39 is 0 Å². The molecule has 0 spiro atoms. The Morgan fingerprint density at radius 1 is 0.917 bits per heavy atom. The van der Waals surface area contributed by atoms with Crippen LogP contribution in [0.5, 0.6) is 0 Å². The van der Waals surface area contributed by atoms with Crippen LogP contribution in [0, 0.1) is 20.8 Å². The highest BCUT2D eigenvalue weighted by molar-refractivity contribution is 6.10. The molecular formula is C20H19N3O. The molecule has 0 saturated heterocycles. The predicted octanol–water partition coefficient (Wildman–Crippen LogP) is 4.08. The van der Waals surface area contributed by atoms with E-state index in [0.717, 1.165) is 22.5 Å². The van der Waals surface area contributed by atoms with E-state index in [1.165, 1.54) is 11.1 Å². The Morgan fingerprint density at radius 3 is 2.12 bits per heavy atom. The third kappa shape index (κ3) is 2.14. The average molecular weight is 317 g/mol. The van der Waals surface area contributed by atoms with E-state index in [4.69, 9.17) is 0 Å². The SMILES string of the molecule is Cc1ccc(C2c3c(n[nH]c3C)C(=O)N2c2ccc(C)cc2)cc1. The van der Waals surface area contributed by atoms with Gasteiger partial charge in [-0.1, -0.05) is 47.5 Å². The number of carbonyl (C=O) groups is 1. The number of hydrogen-bond acceptors (Lipinski definition) is 2.